The Bertz CT molecular complexity index is 3720. The number of halogens is 3. The molecular weight excluding hydrogens is 970 g/mol. The SMILES string of the molecule is Cn1cnnc1-c1cc(C#N)ccc1-c1cc(C2CC2Cn2cnnc2-c2ccccc2-c2cc(C3CC3)nc(N3Cc4ccc(CNCC5(O)CCC5)cc4C3=O)c2)nc(N2Cc3c(cccc3C(F)(F)F)C2=O)c1. The lowest BCUT2D eigenvalue weighted by Crippen LogP contribution is -2.45. The lowest BCUT2D eigenvalue weighted by atomic mass is 9.80. The van der Waals surface area contributed by atoms with E-state index in [4.69, 9.17) is 9.97 Å². The first kappa shape index (κ1) is 47.3. The zero-order valence-corrected chi connectivity index (χ0v) is 41.3. The van der Waals surface area contributed by atoms with Gasteiger partial charge in [0.05, 0.1) is 35.9 Å². The van der Waals surface area contributed by atoms with Crippen molar-refractivity contribution in [2.24, 2.45) is 13.0 Å². The molecule has 8 aromatic rings. The molecule has 76 heavy (non-hydrogen) atoms. The van der Waals surface area contributed by atoms with Crippen LogP contribution in [0.2, 0.25) is 0 Å². The predicted molar refractivity (Wildman–Crippen MR) is 275 cm³/mol. The Hall–Kier alpha value is -8.40. The van der Waals surface area contributed by atoms with Gasteiger partial charge in [-0.15, -0.1) is 20.4 Å². The lowest BCUT2D eigenvalue weighted by molar-refractivity contribution is -0.138. The molecule has 2 N–H and O–H groups in total. The number of nitrogens with one attached hydrogen (secondary N) is 1. The van der Waals surface area contributed by atoms with Gasteiger partial charge in [0, 0.05) is 72.2 Å². The summed E-state index contributed by atoms with van der Waals surface area (Å²) in [4.78, 5) is 41.5. The maximum absolute atomic E-state index is 14.3. The second kappa shape index (κ2) is 18.2. The Kier molecular flexibility index (Phi) is 11.3. The van der Waals surface area contributed by atoms with Gasteiger partial charge in [-0.1, -0.05) is 48.5 Å². The molecule has 0 radical (unpaired) electrons. The highest BCUT2D eigenvalue weighted by atomic mass is 19.4. The zero-order chi connectivity index (χ0) is 52.0. The Morgan fingerprint density at radius 1 is 0.750 bits per heavy atom. The fourth-order valence-corrected chi connectivity index (χ4v) is 11.2. The maximum atomic E-state index is 14.3. The molecule has 4 aromatic carbocycles. The number of fused-ring (bicyclic) bond motifs is 2. The monoisotopic (exact) mass is 1020 g/mol. The van der Waals surface area contributed by atoms with Gasteiger partial charge in [-0.2, -0.15) is 18.4 Å². The zero-order valence-electron chi connectivity index (χ0n) is 41.3. The Morgan fingerprint density at radius 2 is 1.45 bits per heavy atom. The van der Waals surface area contributed by atoms with E-state index in [2.05, 4.69) is 43.9 Å². The van der Waals surface area contributed by atoms with Crippen LogP contribution in [0.3, 0.4) is 0 Å². The molecule has 3 saturated carbocycles. The van der Waals surface area contributed by atoms with Crippen molar-refractivity contribution in [3.8, 4) is 51.1 Å². The molecule has 2 aliphatic heterocycles. The summed E-state index contributed by atoms with van der Waals surface area (Å²) < 4.78 is 46.7. The number of hydrogen-bond donors (Lipinski definition) is 2. The van der Waals surface area contributed by atoms with Crippen molar-refractivity contribution in [2.75, 3.05) is 16.3 Å². The normalized spacial score (nSPS) is 18.4. The topological polar surface area (TPSA) is 184 Å². The predicted octanol–water partition coefficient (Wildman–Crippen LogP) is 9.76. The molecule has 15 nitrogen and oxygen atoms in total. The number of alkyl halides is 3. The van der Waals surface area contributed by atoms with E-state index in [1.54, 1.807) is 53.4 Å². The van der Waals surface area contributed by atoms with E-state index in [0.29, 0.717) is 83.1 Å². The molecule has 18 heteroatoms. The minimum atomic E-state index is -4.66. The molecule has 2 unspecified atom stereocenters. The van der Waals surface area contributed by atoms with Crippen molar-refractivity contribution < 1.29 is 27.9 Å². The quantitative estimate of drug-likeness (QED) is 0.106. The number of amides is 2. The van der Waals surface area contributed by atoms with Crippen molar-refractivity contribution in [3.05, 3.63) is 166 Å². The minimum absolute atomic E-state index is 0.0207. The van der Waals surface area contributed by atoms with Gasteiger partial charge in [-0.3, -0.25) is 19.4 Å². The molecule has 13 rings (SSSR count). The molecule has 0 saturated heterocycles. The van der Waals surface area contributed by atoms with Gasteiger partial charge in [0.1, 0.15) is 24.3 Å². The van der Waals surface area contributed by atoms with Crippen LogP contribution in [-0.4, -0.2) is 68.6 Å². The molecule has 5 aliphatic rings. The third-order valence-corrected chi connectivity index (χ3v) is 15.8. The van der Waals surface area contributed by atoms with Crippen LogP contribution in [0.15, 0.2) is 116 Å². The molecule has 3 fully saturated rings. The highest BCUT2D eigenvalue weighted by Crippen LogP contribution is 2.51. The molecule has 0 bridgehead atoms. The Balaban J connectivity index is 0.805. The summed E-state index contributed by atoms with van der Waals surface area (Å²) in [7, 11) is 1.79. The van der Waals surface area contributed by atoms with Gasteiger partial charge in [0.2, 0.25) is 0 Å². The van der Waals surface area contributed by atoms with Crippen molar-refractivity contribution in [1.82, 2.24) is 44.8 Å². The van der Waals surface area contributed by atoms with Crippen LogP contribution in [0, 0.1) is 17.2 Å². The van der Waals surface area contributed by atoms with Crippen LogP contribution in [0.4, 0.5) is 24.8 Å². The van der Waals surface area contributed by atoms with Gasteiger partial charge in [-0.25, -0.2) is 9.97 Å². The molecular formula is C58H49F3N12O3. The van der Waals surface area contributed by atoms with E-state index < -0.39 is 23.2 Å². The largest absolute Gasteiger partial charge is 0.416 e. The molecule has 2 atom stereocenters. The number of aryl methyl sites for hydroxylation is 1. The summed E-state index contributed by atoms with van der Waals surface area (Å²) in [6.07, 6.45) is 4.01. The summed E-state index contributed by atoms with van der Waals surface area (Å²) >= 11 is 0. The molecule has 6 heterocycles. The summed E-state index contributed by atoms with van der Waals surface area (Å²) in [6, 6.07) is 32.9. The first-order valence-electron chi connectivity index (χ1n) is 25.6. The molecule has 4 aromatic heterocycles. The number of carbonyl (C=O) groups excluding carboxylic acids is 2. The second-order valence-corrected chi connectivity index (χ2v) is 20.9. The van der Waals surface area contributed by atoms with Crippen LogP contribution in [-0.2, 0) is 39.4 Å². The van der Waals surface area contributed by atoms with Crippen LogP contribution >= 0.6 is 0 Å². The van der Waals surface area contributed by atoms with Crippen LogP contribution in [0.5, 0.6) is 0 Å². The smallest absolute Gasteiger partial charge is 0.389 e. The number of carbonyl (C=O) groups is 2. The van der Waals surface area contributed by atoms with E-state index in [0.717, 1.165) is 78.1 Å². The third-order valence-electron chi connectivity index (χ3n) is 15.8. The van der Waals surface area contributed by atoms with Crippen LogP contribution in [0.25, 0.3) is 45.0 Å². The molecule has 2 amide bonds. The fraction of sp³-hybridized carbons (Fsp3) is 0.293. The third kappa shape index (κ3) is 8.58. The lowest BCUT2D eigenvalue weighted by Gasteiger charge is -2.36. The van der Waals surface area contributed by atoms with Gasteiger partial charge in [-0.05, 0) is 138 Å². The number of pyridine rings is 2. The van der Waals surface area contributed by atoms with E-state index in [1.807, 2.05) is 53.1 Å². The second-order valence-electron chi connectivity index (χ2n) is 20.9. The van der Waals surface area contributed by atoms with Crippen molar-refractivity contribution in [3.63, 3.8) is 0 Å². The summed E-state index contributed by atoms with van der Waals surface area (Å²) in [5, 5.41) is 41.4. The van der Waals surface area contributed by atoms with Gasteiger partial charge < -0.3 is 19.6 Å². The number of nitrogens with zero attached hydrogens (tertiary/aromatic N) is 11. The number of nitriles is 1. The van der Waals surface area contributed by atoms with Crippen LogP contribution in [0.1, 0.15) is 110 Å². The van der Waals surface area contributed by atoms with E-state index in [9.17, 15) is 33.1 Å². The number of anilines is 2. The van der Waals surface area contributed by atoms with Crippen LogP contribution < -0.4 is 15.1 Å². The van der Waals surface area contributed by atoms with Gasteiger partial charge in [0.15, 0.2) is 11.6 Å². The summed E-state index contributed by atoms with van der Waals surface area (Å²) in [5.74, 6) is 1.50. The Morgan fingerprint density at radius 3 is 2.17 bits per heavy atom. The van der Waals surface area contributed by atoms with Crippen molar-refractivity contribution >= 4 is 23.5 Å². The molecule has 0 spiro atoms. The van der Waals surface area contributed by atoms with Gasteiger partial charge in [0.25, 0.3) is 11.8 Å². The molecule has 3 aliphatic carbocycles. The van der Waals surface area contributed by atoms with E-state index >= 15 is 0 Å². The summed E-state index contributed by atoms with van der Waals surface area (Å²) in [6.45, 7) is 1.68. The molecule has 380 valence electrons. The van der Waals surface area contributed by atoms with Crippen molar-refractivity contribution in [2.45, 2.75) is 88.3 Å². The highest BCUT2D eigenvalue weighted by Gasteiger charge is 2.43. The van der Waals surface area contributed by atoms with E-state index in [1.165, 1.54) is 17.0 Å². The van der Waals surface area contributed by atoms with Crippen molar-refractivity contribution in [1.29, 1.82) is 5.26 Å². The average molecular weight is 1020 g/mol. The van der Waals surface area contributed by atoms with E-state index in [-0.39, 0.29) is 41.2 Å². The summed E-state index contributed by atoms with van der Waals surface area (Å²) in [5.41, 5.74) is 7.54. The number of benzene rings is 4. The highest BCUT2D eigenvalue weighted by molar-refractivity contribution is 6.11. The standard InChI is InChI=1S/C58H49F3N12O3/c1-70-31-64-68-53(70)46-18-33(25-62)11-15-41(46)38-22-50(67-52(24-38)73-29-47-43(55(73)74)8-4-9-48(47)58(59,60)61)44-20-39(44)27-71-32-65-69-54(71)42-7-3-2-6-40(42)37-21-49(35-13-14-35)66-51(23-37)72-28-36-12-10-34(19-45(36)56(72)75)26-63-30-57(76)16-5-17-57/h2-4,6-12,15,18-19,21-24,31-32,35,39,44,63,76H,5,13-14,16-17,20,26-30H2,1H3. The number of hydrogen-bond acceptors (Lipinski definition) is 11. The maximum Gasteiger partial charge on any atom is 0.416 e. The first-order valence-corrected chi connectivity index (χ1v) is 25.6. The number of aromatic nitrogens is 8. The Labute approximate surface area is 434 Å². The van der Waals surface area contributed by atoms with Gasteiger partial charge >= 0.3 is 6.18 Å². The minimum Gasteiger partial charge on any atom is -0.389 e. The average Bonchev–Trinajstić information content (AvgIpc) is 4.31. The first-order chi connectivity index (χ1) is 36.8. The fourth-order valence-electron chi connectivity index (χ4n) is 11.2. The number of rotatable bonds is 14. The number of aliphatic hydroxyl groups is 1.